The molecule has 3 heteroatoms. The van der Waals surface area contributed by atoms with Crippen molar-refractivity contribution in [3.63, 3.8) is 0 Å². The van der Waals surface area contributed by atoms with Crippen molar-refractivity contribution in [3.05, 3.63) is 0 Å². The fraction of sp³-hybridized carbons (Fsp3) is 0.941. The van der Waals surface area contributed by atoms with Gasteiger partial charge in [0.25, 0.3) is 0 Å². The molecule has 0 aliphatic heterocycles. The Morgan fingerprint density at radius 3 is 1.95 bits per heavy atom. The smallest absolute Gasteiger partial charge is 0.166 e. The first-order valence-electron chi connectivity index (χ1n) is 8.02. The molecule has 0 atom stereocenters. The number of rotatable bonds is 6. The summed E-state index contributed by atoms with van der Waals surface area (Å²) < 4.78 is 0. The normalized spacial score (nSPS) is 18.9. The highest BCUT2D eigenvalue weighted by molar-refractivity contribution is 5.89. The average molecular weight is 282 g/mol. The standard InChI is InChI=1S/C17H34N2O/c1-16(2,14-11-9-8-10-12-14)19(7)13-15(20)17(3,4)18(5)6/h14H,8-13H2,1-7H3. The molecular weight excluding hydrogens is 248 g/mol. The fourth-order valence-corrected chi connectivity index (χ4v) is 2.98. The molecule has 1 rings (SSSR count). The van der Waals surface area contributed by atoms with E-state index in [1.165, 1.54) is 32.1 Å². The second-order valence-electron chi connectivity index (χ2n) is 7.72. The van der Waals surface area contributed by atoms with E-state index in [1.54, 1.807) is 0 Å². The van der Waals surface area contributed by atoms with E-state index >= 15 is 0 Å². The predicted octanol–water partition coefficient (Wildman–Crippen LogP) is 3.19. The van der Waals surface area contributed by atoms with Crippen molar-refractivity contribution in [1.29, 1.82) is 0 Å². The Hall–Kier alpha value is -0.410. The van der Waals surface area contributed by atoms with Crippen molar-refractivity contribution >= 4 is 5.78 Å². The SMILES string of the molecule is CN(C)C(C)(C)C(=O)CN(C)C(C)(C)C1CCCCC1. The van der Waals surface area contributed by atoms with Crippen LogP contribution in [0.3, 0.4) is 0 Å². The van der Waals surface area contributed by atoms with Crippen LogP contribution in [0, 0.1) is 5.92 Å². The van der Waals surface area contributed by atoms with E-state index in [0.717, 1.165) is 5.92 Å². The second kappa shape index (κ2) is 6.57. The summed E-state index contributed by atoms with van der Waals surface area (Å²) in [6, 6.07) is 0. The molecule has 0 unspecified atom stereocenters. The molecule has 1 aliphatic rings. The molecule has 0 aromatic carbocycles. The molecule has 1 fully saturated rings. The molecule has 0 N–H and O–H groups in total. The maximum absolute atomic E-state index is 12.6. The van der Waals surface area contributed by atoms with Crippen LogP contribution >= 0.6 is 0 Å². The lowest BCUT2D eigenvalue weighted by Crippen LogP contribution is -2.55. The Kier molecular flexibility index (Phi) is 5.79. The lowest BCUT2D eigenvalue weighted by Gasteiger charge is -2.45. The number of carbonyl (C=O) groups excluding carboxylic acids is 1. The molecule has 0 bridgehead atoms. The van der Waals surface area contributed by atoms with Crippen LogP contribution < -0.4 is 0 Å². The van der Waals surface area contributed by atoms with Gasteiger partial charge in [-0.25, -0.2) is 0 Å². The molecule has 0 aromatic heterocycles. The number of likely N-dealkylation sites (N-methyl/N-ethyl adjacent to an activating group) is 2. The van der Waals surface area contributed by atoms with Gasteiger partial charge in [-0.3, -0.25) is 14.6 Å². The first-order chi connectivity index (χ1) is 9.10. The zero-order valence-electron chi connectivity index (χ0n) is 14.6. The van der Waals surface area contributed by atoms with Gasteiger partial charge in [0.1, 0.15) is 0 Å². The number of ketones is 1. The molecule has 118 valence electrons. The van der Waals surface area contributed by atoms with E-state index in [2.05, 4.69) is 25.8 Å². The van der Waals surface area contributed by atoms with Gasteiger partial charge in [0.2, 0.25) is 0 Å². The fourth-order valence-electron chi connectivity index (χ4n) is 2.98. The van der Waals surface area contributed by atoms with E-state index in [1.807, 2.05) is 32.8 Å². The Morgan fingerprint density at radius 2 is 1.50 bits per heavy atom. The summed E-state index contributed by atoms with van der Waals surface area (Å²) >= 11 is 0. The third-order valence-electron chi connectivity index (χ3n) is 5.77. The van der Waals surface area contributed by atoms with Crippen molar-refractivity contribution in [2.24, 2.45) is 5.92 Å². The maximum Gasteiger partial charge on any atom is 0.166 e. The molecule has 0 radical (unpaired) electrons. The quantitative estimate of drug-likeness (QED) is 0.747. The van der Waals surface area contributed by atoms with Crippen molar-refractivity contribution in [1.82, 2.24) is 9.80 Å². The zero-order chi connectivity index (χ0) is 15.6. The predicted molar refractivity (Wildman–Crippen MR) is 86.1 cm³/mol. The monoisotopic (exact) mass is 282 g/mol. The van der Waals surface area contributed by atoms with Crippen LogP contribution in [0.1, 0.15) is 59.8 Å². The lowest BCUT2D eigenvalue weighted by molar-refractivity contribution is -0.130. The number of hydrogen-bond donors (Lipinski definition) is 0. The Balaban J connectivity index is 2.69. The van der Waals surface area contributed by atoms with Crippen LogP contribution in [0.25, 0.3) is 0 Å². The summed E-state index contributed by atoms with van der Waals surface area (Å²) in [7, 11) is 6.06. The van der Waals surface area contributed by atoms with Crippen molar-refractivity contribution < 1.29 is 4.79 Å². The van der Waals surface area contributed by atoms with E-state index in [0.29, 0.717) is 12.3 Å². The van der Waals surface area contributed by atoms with Crippen molar-refractivity contribution in [2.45, 2.75) is 70.9 Å². The van der Waals surface area contributed by atoms with Crippen LogP contribution in [0.2, 0.25) is 0 Å². The summed E-state index contributed by atoms with van der Waals surface area (Å²) in [5, 5.41) is 0. The van der Waals surface area contributed by atoms with E-state index < -0.39 is 5.54 Å². The largest absolute Gasteiger partial charge is 0.298 e. The average Bonchev–Trinajstić information content (AvgIpc) is 2.39. The minimum absolute atomic E-state index is 0.110. The van der Waals surface area contributed by atoms with Gasteiger partial charge in [-0.1, -0.05) is 19.3 Å². The summed E-state index contributed by atoms with van der Waals surface area (Å²) in [6.45, 7) is 9.17. The third-order valence-corrected chi connectivity index (χ3v) is 5.77. The second-order valence-corrected chi connectivity index (χ2v) is 7.72. The molecule has 0 aromatic rings. The molecule has 0 saturated heterocycles. The summed E-state index contributed by atoms with van der Waals surface area (Å²) in [4.78, 5) is 16.8. The van der Waals surface area contributed by atoms with Crippen molar-refractivity contribution in [3.8, 4) is 0 Å². The number of Topliss-reactive ketones (excluding diaryl/α,β-unsaturated/α-hetero) is 1. The van der Waals surface area contributed by atoms with E-state index in [4.69, 9.17) is 0 Å². The first-order valence-corrected chi connectivity index (χ1v) is 8.02. The zero-order valence-corrected chi connectivity index (χ0v) is 14.6. The van der Waals surface area contributed by atoms with Crippen LogP contribution in [0.4, 0.5) is 0 Å². The van der Waals surface area contributed by atoms with Crippen LogP contribution in [0.15, 0.2) is 0 Å². The van der Waals surface area contributed by atoms with E-state index in [-0.39, 0.29) is 5.54 Å². The summed E-state index contributed by atoms with van der Waals surface area (Å²) in [5.74, 6) is 1.02. The number of nitrogens with zero attached hydrogens (tertiary/aromatic N) is 2. The van der Waals surface area contributed by atoms with Gasteiger partial charge in [-0.15, -0.1) is 0 Å². The highest BCUT2D eigenvalue weighted by Gasteiger charge is 2.37. The highest BCUT2D eigenvalue weighted by atomic mass is 16.1. The Bertz CT molecular complexity index is 328. The minimum atomic E-state index is -0.392. The molecule has 3 nitrogen and oxygen atoms in total. The first kappa shape index (κ1) is 17.6. The molecule has 1 aliphatic carbocycles. The Morgan fingerprint density at radius 1 is 1.00 bits per heavy atom. The topological polar surface area (TPSA) is 23.6 Å². The number of hydrogen-bond acceptors (Lipinski definition) is 3. The minimum Gasteiger partial charge on any atom is -0.298 e. The third kappa shape index (κ3) is 3.82. The Labute approximate surface area is 125 Å². The van der Waals surface area contributed by atoms with Gasteiger partial charge in [0.15, 0.2) is 5.78 Å². The number of carbonyl (C=O) groups is 1. The molecule has 20 heavy (non-hydrogen) atoms. The van der Waals surface area contributed by atoms with Gasteiger partial charge in [-0.05, 0) is 67.6 Å². The van der Waals surface area contributed by atoms with Gasteiger partial charge in [0, 0.05) is 5.54 Å². The van der Waals surface area contributed by atoms with Crippen LogP contribution in [0.5, 0.6) is 0 Å². The van der Waals surface area contributed by atoms with Gasteiger partial charge >= 0.3 is 0 Å². The molecule has 1 saturated carbocycles. The lowest BCUT2D eigenvalue weighted by atomic mass is 9.75. The van der Waals surface area contributed by atoms with Gasteiger partial charge in [0.05, 0.1) is 12.1 Å². The molecule has 0 amide bonds. The molecular formula is C17H34N2O. The van der Waals surface area contributed by atoms with Crippen LogP contribution in [-0.2, 0) is 4.79 Å². The maximum atomic E-state index is 12.6. The van der Waals surface area contributed by atoms with Crippen molar-refractivity contribution in [2.75, 3.05) is 27.7 Å². The van der Waals surface area contributed by atoms with E-state index in [9.17, 15) is 4.79 Å². The van der Waals surface area contributed by atoms with Gasteiger partial charge in [-0.2, -0.15) is 0 Å². The van der Waals surface area contributed by atoms with Crippen LogP contribution in [-0.4, -0.2) is 54.3 Å². The summed E-state index contributed by atoms with van der Waals surface area (Å²) in [6.07, 6.45) is 6.69. The molecule has 0 heterocycles. The highest BCUT2D eigenvalue weighted by Crippen LogP contribution is 2.35. The molecule has 0 spiro atoms. The summed E-state index contributed by atoms with van der Waals surface area (Å²) in [5.41, 5.74) is -0.282. The van der Waals surface area contributed by atoms with Gasteiger partial charge < -0.3 is 0 Å².